The van der Waals surface area contributed by atoms with E-state index in [0.29, 0.717) is 6.54 Å². The quantitative estimate of drug-likeness (QED) is 0.915. The summed E-state index contributed by atoms with van der Waals surface area (Å²) in [6.07, 6.45) is 0. The molecule has 0 atom stereocenters. The molecule has 0 aliphatic rings. The maximum absolute atomic E-state index is 14.1. The first-order valence-electron chi connectivity index (χ1n) is 6.49. The zero-order valence-corrected chi connectivity index (χ0v) is 11.5. The Kier molecular flexibility index (Phi) is 4.35. The number of halogens is 2. The van der Waals surface area contributed by atoms with E-state index in [1.807, 2.05) is 38.1 Å². The zero-order chi connectivity index (χ0) is 14.7. The molecule has 0 fully saturated rings. The SMILES string of the molecule is CCN(c1ccc(C)cc1)c1c(F)cc(CO)cc1F. The van der Waals surface area contributed by atoms with Crippen LogP contribution in [0.3, 0.4) is 0 Å². The number of nitrogens with zero attached hydrogens (tertiary/aromatic N) is 1. The molecule has 0 radical (unpaired) electrons. The average Bonchev–Trinajstić information content (AvgIpc) is 2.43. The molecule has 0 amide bonds. The molecule has 0 saturated heterocycles. The molecule has 2 rings (SSSR count). The molecule has 0 bridgehead atoms. The number of aliphatic hydroxyl groups excluding tert-OH is 1. The van der Waals surface area contributed by atoms with Crippen molar-refractivity contribution in [2.45, 2.75) is 20.5 Å². The highest BCUT2D eigenvalue weighted by Gasteiger charge is 2.18. The molecule has 2 nitrogen and oxygen atoms in total. The maximum Gasteiger partial charge on any atom is 0.150 e. The van der Waals surface area contributed by atoms with Crippen LogP contribution < -0.4 is 4.90 Å². The highest BCUT2D eigenvalue weighted by atomic mass is 19.1. The molecule has 20 heavy (non-hydrogen) atoms. The van der Waals surface area contributed by atoms with E-state index in [0.717, 1.165) is 23.4 Å². The van der Waals surface area contributed by atoms with Gasteiger partial charge in [0.15, 0.2) is 0 Å². The van der Waals surface area contributed by atoms with E-state index in [1.165, 1.54) is 0 Å². The average molecular weight is 277 g/mol. The van der Waals surface area contributed by atoms with Crippen molar-refractivity contribution >= 4 is 11.4 Å². The summed E-state index contributed by atoms with van der Waals surface area (Å²) in [7, 11) is 0. The predicted octanol–water partition coefficient (Wildman–Crippen LogP) is 3.92. The molecule has 1 N–H and O–H groups in total. The Bertz CT molecular complexity index is 573. The third kappa shape index (κ3) is 2.80. The van der Waals surface area contributed by atoms with E-state index in [4.69, 9.17) is 5.11 Å². The van der Waals surface area contributed by atoms with Crippen LogP contribution in [0.2, 0.25) is 0 Å². The van der Waals surface area contributed by atoms with Gasteiger partial charge in [0.25, 0.3) is 0 Å². The summed E-state index contributed by atoms with van der Waals surface area (Å²) in [6, 6.07) is 9.78. The molecule has 4 heteroatoms. The van der Waals surface area contributed by atoms with Gasteiger partial charge in [0.1, 0.15) is 17.3 Å². The summed E-state index contributed by atoms with van der Waals surface area (Å²) in [5, 5.41) is 8.97. The number of benzene rings is 2. The van der Waals surface area contributed by atoms with Crippen LogP contribution in [0.4, 0.5) is 20.2 Å². The largest absolute Gasteiger partial charge is 0.392 e. The second-order valence-corrected chi connectivity index (χ2v) is 4.65. The Morgan fingerprint density at radius 3 is 2.05 bits per heavy atom. The van der Waals surface area contributed by atoms with E-state index in [-0.39, 0.29) is 17.9 Å². The van der Waals surface area contributed by atoms with Gasteiger partial charge in [0.05, 0.1) is 6.61 Å². The number of hydrogen-bond donors (Lipinski definition) is 1. The molecular formula is C16H17F2NO. The van der Waals surface area contributed by atoms with Gasteiger partial charge in [-0.3, -0.25) is 0 Å². The standard InChI is InChI=1S/C16H17F2NO/c1-3-19(13-6-4-11(2)5-7-13)16-14(17)8-12(10-20)9-15(16)18/h4-9,20H,3,10H2,1-2H3. The van der Waals surface area contributed by atoms with E-state index < -0.39 is 11.6 Å². The number of anilines is 2. The van der Waals surface area contributed by atoms with E-state index >= 15 is 0 Å². The number of rotatable bonds is 4. The van der Waals surface area contributed by atoms with E-state index in [2.05, 4.69) is 0 Å². The van der Waals surface area contributed by atoms with Crippen molar-refractivity contribution in [3.05, 3.63) is 59.2 Å². The van der Waals surface area contributed by atoms with Crippen LogP contribution in [0.1, 0.15) is 18.1 Å². The van der Waals surface area contributed by atoms with Crippen molar-refractivity contribution in [3.8, 4) is 0 Å². The summed E-state index contributed by atoms with van der Waals surface area (Å²) in [6.45, 7) is 3.84. The first-order valence-corrected chi connectivity index (χ1v) is 6.49. The summed E-state index contributed by atoms with van der Waals surface area (Å²) < 4.78 is 28.2. The first kappa shape index (κ1) is 14.5. The summed E-state index contributed by atoms with van der Waals surface area (Å²) in [5.74, 6) is -1.34. The third-order valence-electron chi connectivity index (χ3n) is 3.19. The highest BCUT2D eigenvalue weighted by molar-refractivity contribution is 5.65. The highest BCUT2D eigenvalue weighted by Crippen LogP contribution is 2.31. The fraction of sp³-hybridized carbons (Fsp3) is 0.250. The molecule has 2 aromatic carbocycles. The van der Waals surface area contributed by atoms with Gasteiger partial charge >= 0.3 is 0 Å². The van der Waals surface area contributed by atoms with Gasteiger partial charge in [0, 0.05) is 12.2 Å². The Morgan fingerprint density at radius 2 is 1.60 bits per heavy atom. The molecule has 0 saturated carbocycles. The Balaban J connectivity index is 2.49. The summed E-state index contributed by atoms with van der Waals surface area (Å²) in [5.41, 5.74) is 1.95. The minimum absolute atomic E-state index is 0.0893. The van der Waals surface area contributed by atoms with Gasteiger partial charge in [0.2, 0.25) is 0 Å². The lowest BCUT2D eigenvalue weighted by atomic mass is 10.1. The smallest absolute Gasteiger partial charge is 0.150 e. The first-order chi connectivity index (χ1) is 9.56. The number of hydrogen-bond acceptors (Lipinski definition) is 2. The van der Waals surface area contributed by atoms with Gasteiger partial charge in [-0.25, -0.2) is 8.78 Å². The fourth-order valence-corrected chi connectivity index (χ4v) is 2.16. The molecule has 2 aromatic rings. The molecule has 0 aromatic heterocycles. The minimum Gasteiger partial charge on any atom is -0.392 e. The Morgan fingerprint density at radius 1 is 1.05 bits per heavy atom. The molecular weight excluding hydrogens is 260 g/mol. The molecule has 0 aliphatic heterocycles. The lowest BCUT2D eigenvalue weighted by Crippen LogP contribution is -2.19. The molecule has 106 valence electrons. The summed E-state index contributed by atoms with van der Waals surface area (Å²) in [4.78, 5) is 1.57. The van der Waals surface area contributed by atoms with Crippen LogP contribution in [0.25, 0.3) is 0 Å². The van der Waals surface area contributed by atoms with Gasteiger partial charge in [-0.1, -0.05) is 17.7 Å². The molecule has 0 unspecified atom stereocenters. The maximum atomic E-state index is 14.1. The summed E-state index contributed by atoms with van der Waals surface area (Å²) >= 11 is 0. The van der Waals surface area contributed by atoms with Crippen LogP contribution in [0.5, 0.6) is 0 Å². The molecule has 0 aliphatic carbocycles. The van der Waals surface area contributed by atoms with Crippen molar-refractivity contribution in [1.82, 2.24) is 0 Å². The van der Waals surface area contributed by atoms with Crippen molar-refractivity contribution in [2.75, 3.05) is 11.4 Å². The van der Waals surface area contributed by atoms with Crippen molar-refractivity contribution < 1.29 is 13.9 Å². The predicted molar refractivity (Wildman–Crippen MR) is 76.1 cm³/mol. The van der Waals surface area contributed by atoms with Crippen LogP contribution in [-0.4, -0.2) is 11.7 Å². The number of aryl methyl sites for hydroxylation is 1. The van der Waals surface area contributed by atoms with Gasteiger partial charge < -0.3 is 10.0 Å². The second-order valence-electron chi connectivity index (χ2n) is 4.65. The van der Waals surface area contributed by atoms with E-state index in [1.54, 1.807) is 4.90 Å². The van der Waals surface area contributed by atoms with Crippen LogP contribution >= 0.6 is 0 Å². The van der Waals surface area contributed by atoms with Gasteiger partial charge in [-0.2, -0.15) is 0 Å². The Hall–Kier alpha value is -1.94. The second kappa shape index (κ2) is 6.01. The van der Waals surface area contributed by atoms with Crippen molar-refractivity contribution in [3.63, 3.8) is 0 Å². The van der Waals surface area contributed by atoms with Crippen molar-refractivity contribution in [2.24, 2.45) is 0 Å². The fourth-order valence-electron chi connectivity index (χ4n) is 2.16. The zero-order valence-electron chi connectivity index (χ0n) is 11.5. The molecule has 0 spiro atoms. The van der Waals surface area contributed by atoms with Gasteiger partial charge in [-0.15, -0.1) is 0 Å². The monoisotopic (exact) mass is 277 g/mol. The van der Waals surface area contributed by atoms with Gasteiger partial charge in [-0.05, 0) is 43.7 Å². The van der Waals surface area contributed by atoms with Crippen LogP contribution in [0, 0.1) is 18.6 Å². The van der Waals surface area contributed by atoms with Crippen LogP contribution in [-0.2, 0) is 6.61 Å². The number of aliphatic hydroxyl groups is 1. The van der Waals surface area contributed by atoms with E-state index in [9.17, 15) is 8.78 Å². The Labute approximate surface area is 117 Å². The normalized spacial score (nSPS) is 10.7. The molecule has 0 heterocycles. The van der Waals surface area contributed by atoms with Crippen LogP contribution in [0.15, 0.2) is 36.4 Å². The topological polar surface area (TPSA) is 23.5 Å². The van der Waals surface area contributed by atoms with Crippen molar-refractivity contribution in [1.29, 1.82) is 0 Å². The lowest BCUT2D eigenvalue weighted by molar-refractivity contribution is 0.280. The minimum atomic E-state index is -0.670. The third-order valence-corrected chi connectivity index (χ3v) is 3.19. The lowest BCUT2D eigenvalue weighted by Gasteiger charge is -2.24.